The molecular weight excluding hydrogens is 382 g/mol. The van der Waals surface area contributed by atoms with Crippen molar-refractivity contribution >= 4 is 15.9 Å². The first-order chi connectivity index (χ1) is 13.3. The molecule has 1 aromatic rings. The third-order valence-electron chi connectivity index (χ3n) is 5.41. The summed E-state index contributed by atoms with van der Waals surface area (Å²) in [6.45, 7) is 4.10. The molecule has 1 saturated carbocycles. The second-order valence-electron chi connectivity index (χ2n) is 7.39. The van der Waals surface area contributed by atoms with Crippen molar-refractivity contribution in [2.45, 2.75) is 30.7 Å². The van der Waals surface area contributed by atoms with Crippen LogP contribution in [0.3, 0.4) is 0 Å². The monoisotopic (exact) mass is 411 g/mol. The van der Waals surface area contributed by atoms with Crippen LogP contribution >= 0.6 is 0 Å². The van der Waals surface area contributed by atoms with Crippen LogP contribution in [-0.4, -0.2) is 76.5 Å². The summed E-state index contributed by atoms with van der Waals surface area (Å²) < 4.78 is 37.7. The Morgan fingerprint density at radius 1 is 1.14 bits per heavy atom. The van der Waals surface area contributed by atoms with Crippen LogP contribution in [0.2, 0.25) is 0 Å². The lowest BCUT2D eigenvalue weighted by Crippen LogP contribution is -2.51. The quantitative estimate of drug-likeness (QED) is 0.685. The van der Waals surface area contributed by atoms with Gasteiger partial charge >= 0.3 is 0 Å². The first-order valence-corrected chi connectivity index (χ1v) is 11.0. The Kier molecular flexibility index (Phi) is 6.47. The van der Waals surface area contributed by atoms with Crippen molar-refractivity contribution in [3.05, 3.63) is 18.2 Å². The molecule has 8 nitrogen and oxygen atoms in total. The molecule has 1 amide bonds. The largest absolute Gasteiger partial charge is 0.493 e. The molecule has 1 aliphatic carbocycles. The summed E-state index contributed by atoms with van der Waals surface area (Å²) in [7, 11) is -0.642. The van der Waals surface area contributed by atoms with Crippen LogP contribution < -0.4 is 14.8 Å². The van der Waals surface area contributed by atoms with E-state index < -0.39 is 10.0 Å². The van der Waals surface area contributed by atoms with E-state index in [1.54, 1.807) is 6.07 Å². The van der Waals surface area contributed by atoms with Crippen molar-refractivity contribution in [1.29, 1.82) is 0 Å². The van der Waals surface area contributed by atoms with Crippen LogP contribution in [0.5, 0.6) is 11.5 Å². The van der Waals surface area contributed by atoms with Gasteiger partial charge in [-0.2, -0.15) is 4.31 Å². The van der Waals surface area contributed by atoms with Gasteiger partial charge in [-0.05, 0) is 37.8 Å². The molecule has 156 valence electrons. The fourth-order valence-electron chi connectivity index (χ4n) is 3.47. The number of carbonyl (C=O) groups is 1. The third-order valence-corrected chi connectivity index (χ3v) is 7.30. The summed E-state index contributed by atoms with van der Waals surface area (Å²) in [6, 6.07) is 4.82. The third kappa shape index (κ3) is 4.76. The van der Waals surface area contributed by atoms with E-state index in [0.29, 0.717) is 50.1 Å². The summed E-state index contributed by atoms with van der Waals surface area (Å²) >= 11 is 0. The second-order valence-corrected chi connectivity index (χ2v) is 9.33. The van der Waals surface area contributed by atoms with Gasteiger partial charge in [0, 0.05) is 38.3 Å². The highest BCUT2D eigenvalue weighted by Gasteiger charge is 2.31. The standard InChI is InChI=1S/C19H29N3O5S/c1-14(15-4-5-15)20-19(23)13-21-8-10-22(11-9-21)28(24,25)16-6-7-17(26-2)18(12-16)27-3/h6-7,12,14-15H,4-5,8-11,13H2,1-3H3,(H,20,23)/t14-/m0/s1. The summed E-state index contributed by atoms with van der Waals surface area (Å²) in [6.07, 6.45) is 2.38. The van der Waals surface area contributed by atoms with Crippen molar-refractivity contribution in [3.8, 4) is 11.5 Å². The second kappa shape index (κ2) is 8.67. The van der Waals surface area contributed by atoms with Crippen molar-refractivity contribution in [3.63, 3.8) is 0 Å². The van der Waals surface area contributed by atoms with E-state index >= 15 is 0 Å². The van der Waals surface area contributed by atoms with Crippen molar-refractivity contribution in [2.24, 2.45) is 5.92 Å². The molecule has 1 saturated heterocycles. The number of amides is 1. The Labute approximate surface area is 166 Å². The lowest BCUT2D eigenvalue weighted by atomic mass is 10.2. The zero-order valence-electron chi connectivity index (χ0n) is 16.7. The van der Waals surface area contributed by atoms with Gasteiger partial charge in [-0.25, -0.2) is 8.42 Å². The molecule has 3 rings (SSSR count). The van der Waals surface area contributed by atoms with Crippen LogP contribution in [0.4, 0.5) is 0 Å². The minimum Gasteiger partial charge on any atom is -0.493 e. The maximum atomic E-state index is 12.9. The Morgan fingerprint density at radius 3 is 2.36 bits per heavy atom. The van der Waals surface area contributed by atoms with Crippen LogP contribution in [0, 0.1) is 5.92 Å². The maximum Gasteiger partial charge on any atom is 0.243 e. The number of piperazine rings is 1. The molecule has 2 fully saturated rings. The van der Waals surface area contributed by atoms with Crippen molar-refractivity contribution in [1.82, 2.24) is 14.5 Å². The van der Waals surface area contributed by atoms with Gasteiger partial charge < -0.3 is 14.8 Å². The molecule has 1 heterocycles. The first kappa shape index (κ1) is 20.9. The number of rotatable bonds is 8. The van der Waals surface area contributed by atoms with Gasteiger partial charge in [0.15, 0.2) is 11.5 Å². The van der Waals surface area contributed by atoms with E-state index in [1.165, 1.54) is 43.5 Å². The number of nitrogens with zero attached hydrogens (tertiary/aromatic N) is 2. The fraction of sp³-hybridized carbons (Fsp3) is 0.632. The van der Waals surface area contributed by atoms with Crippen LogP contribution in [-0.2, 0) is 14.8 Å². The normalized spacial score (nSPS) is 19.8. The highest BCUT2D eigenvalue weighted by atomic mass is 32.2. The Hall–Kier alpha value is -1.84. The zero-order valence-corrected chi connectivity index (χ0v) is 17.5. The van der Waals surface area contributed by atoms with Gasteiger partial charge in [0.2, 0.25) is 15.9 Å². The zero-order chi connectivity index (χ0) is 20.3. The fourth-order valence-corrected chi connectivity index (χ4v) is 4.91. The minimum absolute atomic E-state index is 0.00981. The number of ether oxygens (including phenoxy) is 2. The molecule has 1 atom stereocenters. The number of hydrogen-bond acceptors (Lipinski definition) is 6. The molecule has 28 heavy (non-hydrogen) atoms. The highest BCUT2D eigenvalue weighted by Crippen LogP contribution is 2.32. The lowest BCUT2D eigenvalue weighted by molar-refractivity contribution is -0.123. The van der Waals surface area contributed by atoms with E-state index in [1.807, 2.05) is 11.8 Å². The lowest BCUT2D eigenvalue weighted by Gasteiger charge is -2.33. The molecule has 0 spiro atoms. The van der Waals surface area contributed by atoms with Gasteiger partial charge in [-0.1, -0.05) is 0 Å². The predicted molar refractivity (Wildman–Crippen MR) is 105 cm³/mol. The predicted octanol–water partition coefficient (Wildman–Crippen LogP) is 0.925. The molecule has 2 aliphatic rings. The summed E-state index contributed by atoms with van der Waals surface area (Å²) in [5.41, 5.74) is 0. The SMILES string of the molecule is COc1ccc(S(=O)(=O)N2CCN(CC(=O)N[C@@H](C)C3CC3)CC2)cc1OC. The molecule has 0 bridgehead atoms. The first-order valence-electron chi connectivity index (χ1n) is 9.59. The summed E-state index contributed by atoms with van der Waals surface area (Å²) in [4.78, 5) is 14.3. The summed E-state index contributed by atoms with van der Waals surface area (Å²) in [5.74, 6) is 1.49. The average Bonchev–Trinajstić information content (AvgIpc) is 3.53. The molecular formula is C19H29N3O5S. The number of sulfonamides is 1. The molecule has 0 aromatic heterocycles. The van der Waals surface area contributed by atoms with E-state index in [4.69, 9.17) is 9.47 Å². The van der Waals surface area contributed by atoms with Crippen molar-refractivity contribution < 1.29 is 22.7 Å². The van der Waals surface area contributed by atoms with Gasteiger partial charge in [0.25, 0.3) is 0 Å². The smallest absolute Gasteiger partial charge is 0.243 e. The molecule has 0 radical (unpaired) electrons. The Bertz CT molecular complexity index is 802. The number of nitrogens with one attached hydrogen (secondary N) is 1. The average molecular weight is 412 g/mol. The van der Waals surface area contributed by atoms with Gasteiger partial charge in [0.1, 0.15) is 0 Å². The van der Waals surface area contributed by atoms with E-state index in [-0.39, 0.29) is 16.8 Å². The molecule has 9 heteroatoms. The number of methoxy groups -OCH3 is 2. The minimum atomic E-state index is -3.62. The van der Waals surface area contributed by atoms with Crippen molar-refractivity contribution in [2.75, 3.05) is 46.9 Å². The topological polar surface area (TPSA) is 88.2 Å². The number of hydrogen-bond donors (Lipinski definition) is 1. The molecule has 1 aromatic carbocycles. The van der Waals surface area contributed by atoms with Crippen LogP contribution in [0.1, 0.15) is 19.8 Å². The molecule has 1 N–H and O–H groups in total. The Balaban J connectivity index is 1.56. The molecule has 0 unspecified atom stereocenters. The molecule has 1 aliphatic heterocycles. The summed E-state index contributed by atoms with van der Waals surface area (Å²) in [5, 5.41) is 3.04. The maximum absolute atomic E-state index is 12.9. The number of carbonyl (C=O) groups excluding carboxylic acids is 1. The highest BCUT2D eigenvalue weighted by molar-refractivity contribution is 7.89. The Morgan fingerprint density at radius 2 is 1.79 bits per heavy atom. The van der Waals surface area contributed by atoms with E-state index in [9.17, 15) is 13.2 Å². The van der Waals surface area contributed by atoms with Crippen LogP contribution in [0.25, 0.3) is 0 Å². The number of benzene rings is 1. The van der Waals surface area contributed by atoms with Gasteiger partial charge in [-0.15, -0.1) is 0 Å². The van der Waals surface area contributed by atoms with Gasteiger partial charge in [0.05, 0.1) is 25.7 Å². The van der Waals surface area contributed by atoms with Gasteiger partial charge in [-0.3, -0.25) is 9.69 Å². The van der Waals surface area contributed by atoms with E-state index in [2.05, 4.69) is 5.32 Å². The van der Waals surface area contributed by atoms with E-state index in [0.717, 1.165) is 0 Å². The van der Waals surface area contributed by atoms with Crippen LogP contribution in [0.15, 0.2) is 23.1 Å².